The van der Waals surface area contributed by atoms with Crippen molar-refractivity contribution in [2.24, 2.45) is 11.7 Å². The minimum atomic E-state index is -0.483. The number of rotatable bonds is 3. The first-order valence-electron chi connectivity index (χ1n) is 6.82. The van der Waals surface area contributed by atoms with Crippen molar-refractivity contribution in [3.63, 3.8) is 0 Å². The maximum Gasteiger partial charge on any atom is 0.230 e. The smallest absolute Gasteiger partial charge is 0.230 e. The van der Waals surface area contributed by atoms with Crippen LogP contribution in [0.4, 0.5) is 5.69 Å². The molecule has 1 aromatic carbocycles. The second-order valence-corrected chi connectivity index (χ2v) is 5.51. The van der Waals surface area contributed by atoms with Crippen LogP contribution in [0.5, 0.6) is 0 Å². The lowest BCUT2D eigenvalue weighted by Gasteiger charge is -2.17. The van der Waals surface area contributed by atoms with E-state index in [0.717, 1.165) is 37.1 Å². The SMILES string of the molecule is CC(N)C(=O)c1ccc2c(c1)CCN2C(=O)C1CC1. The van der Waals surface area contributed by atoms with Crippen LogP contribution in [0, 0.1) is 5.92 Å². The fourth-order valence-electron chi connectivity index (χ4n) is 2.60. The fourth-order valence-corrected chi connectivity index (χ4v) is 2.60. The summed E-state index contributed by atoms with van der Waals surface area (Å²) in [6, 6.07) is 5.08. The first-order chi connectivity index (χ1) is 9.08. The van der Waals surface area contributed by atoms with Crippen LogP contribution >= 0.6 is 0 Å². The van der Waals surface area contributed by atoms with Crippen LogP contribution in [0.3, 0.4) is 0 Å². The Morgan fingerprint density at radius 3 is 2.74 bits per heavy atom. The van der Waals surface area contributed by atoms with Gasteiger partial charge in [0.15, 0.2) is 5.78 Å². The molecule has 0 spiro atoms. The van der Waals surface area contributed by atoms with Crippen molar-refractivity contribution in [2.75, 3.05) is 11.4 Å². The first-order valence-corrected chi connectivity index (χ1v) is 6.82. The summed E-state index contributed by atoms with van der Waals surface area (Å²) < 4.78 is 0. The van der Waals surface area contributed by atoms with Crippen LogP contribution in [-0.4, -0.2) is 24.3 Å². The maximum atomic E-state index is 12.1. The average Bonchev–Trinajstić information content (AvgIpc) is 3.16. The van der Waals surface area contributed by atoms with E-state index in [4.69, 9.17) is 5.73 Å². The molecule has 1 heterocycles. The number of carbonyl (C=O) groups is 2. The summed E-state index contributed by atoms with van der Waals surface area (Å²) in [5.74, 6) is 0.427. The van der Waals surface area contributed by atoms with Crippen LogP contribution in [0.15, 0.2) is 18.2 Å². The molecule has 1 fully saturated rings. The van der Waals surface area contributed by atoms with E-state index in [-0.39, 0.29) is 17.6 Å². The van der Waals surface area contributed by atoms with E-state index in [1.807, 2.05) is 17.0 Å². The number of Topliss-reactive ketones (excluding diaryl/α,β-unsaturated/α-hetero) is 1. The Hall–Kier alpha value is -1.68. The van der Waals surface area contributed by atoms with Gasteiger partial charge in [0.2, 0.25) is 5.91 Å². The molecule has 2 aliphatic rings. The van der Waals surface area contributed by atoms with E-state index in [1.54, 1.807) is 13.0 Å². The molecule has 2 N–H and O–H groups in total. The Morgan fingerprint density at radius 2 is 2.11 bits per heavy atom. The van der Waals surface area contributed by atoms with Gasteiger partial charge in [-0.15, -0.1) is 0 Å². The summed E-state index contributed by atoms with van der Waals surface area (Å²) in [6.07, 6.45) is 2.87. The summed E-state index contributed by atoms with van der Waals surface area (Å²) in [5.41, 5.74) is 8.32. The molecule has 3 rings (SSSR count). The van der Waals surface area contributed by atoms with Crippen LogP contribution in [0.2, 0.25) is 0 Å². The molecule has 1 aliphatic carbocycles. The highest BCUT2D eigenvalue weighted by Gasteiger charge is 2.36. The van der Waals surface area contributed by atoms with E-state index in [9.17, 15) is 9.59 Å². The minimum Gasteiger partial charge on any atom is -0.321 e. The Morgan fingerprint density at radius 1 is 1.37 bits per heavy atom. The summed E-state index contributed by atoms with van der Waals surface area (Å²) >= 11 is 0. The fraction of sp³-hybridized carbons (Fsp3) is 0.467. The standard InChI is InChI=1S/C15H18N2O2/c1-9(16)14(18)12-4-5-13-11(8-12)6-7-17(13)15(19)10-2-3-10/h4-5,8-10H,2-3,6-7,16H2,1H3. The van der Waals surface area contributed by atoms with E-state index in [2.05, 4.69) is 0 Å². The van der Waals surface area contributed by atoms with Gasteiger partial charge < -0.3 is 10.6 Å². The number of hydrogen-bond acceptors (Lipinski definition) is 3. The lowest BCUT2D eigenvalue weighted by atomic mass is 10.0. The van der Waals surface area contributed by atoms with Crippen LogP contribution in [-0.2, 0) is 11.2 Å². The molecule has 1 aliphatic heterocycles. The van der Waals surface area contributed by atoms with Gasteiger partial charge in [0.25, 0.3) is 0 Å². The quantitative estimate of drug-likeness (QED) is 0.836. The lowest BCUT2D eigenvalue weighted by molar-refractivity contribution is -0.119. The first kappa shape index (κ1) is 12.4. The minimum absolute atomic E-state index is 0.0465. The number of anilines is 1. The predicted octanol–water partition coefficient (Wildman–Crippen LogP) is 1.52. The van der Waals surface area contributed by atoms with Gasteiger partial charge in [-0.1, -0.05) is 0 Å². The normalized spacial score (nSPS) is 19.2. The van der Waals surface area contributed by atoms with Crippen molar-refractivity contribution in [1.29, 1.82) is 0 Å². The van der Waals surface area contributed by atoms with Gasteiger partial charge in [-0.25, -0.2) is 0 Å². The van der Waals surface area contributed by atoms with Crippen molar-refractivity contribution < 1.29 is 9.59 Å². The molecule has 100 valence electrons. The molecule has 0 bridgehead atoms. The van der Waals surface area contributed by atoms with E-state index < -0.39 is 6.04 Å². The second kappa shape index (κ2) is 4.46. The Labute approximate surface area is 112 Å². The van der Waals surface area contributed by atoms with Crippen molar-refractivity contribution in [2.45, 2.75) is 32.2 Å². The Bertz CT molecular complexity index is 547. The number of fused-ring (bicyclic) bond motifs is 1. The monoisotopic (exact) mass is 258 g/mol. The van der Waals surface area contributed by atoms with E-state index >= 15 is 0 Å². The number of hydrogen-bond donors (Lipinski definition) is 1. The van der Waals surface area contributed by atoms with Crippen LogP contribution < -0.4 is 10.6 Å². The zero-order valence-electron chi connectivity index (χ0n) is 11.1. The van der Waals surface area contributed by atoms with Gasteiger partial charge in [0.1, 0.15) is 0 Å². The molecule has 4 nitrogen and oxygen atoms in total. The maximum absolute atomic E-state index is 12.1. The van der Waals surface area contributed by atoms with Gasteiger partial charge in [0, 0.05) is 23.7 Å². The number of amides is 1. The largest absolute Gasteiger partial charge is 0.321 e. The number of nitrogens with zero attached hydrogens (tertiary/aromatic N) is 1. The zero-order chi connectivity index (χ0) is 13.6. The highest BCUT2D eigenvalue weighted by atomic mass is 16.2. The molecular weight excluding hydrogens is 240 g/mol. The number of carbonyl (C=O) groups excluding carboxylic acids is 2. The molecule has 1 amide bonds. The average molecular weight is 258 g/mol. The van der Waals surface area contributed by atoms with Crippen molar-refractivity contribution >= 4 is 17.4 Å². The molecule has 1 aromatic rings. The summed E-state index contributed by atoms with van der Waals surface area (Å²) in [5, 5.41) is 0. The molecule has 4 heteroatoms. The second-order valence-electron chi connectivity index (χ2n) is 5.51. The van der Waals surface area contributed by atoms with Gasteiger partial charge >= 0.3 is 0 Å². The third-order valence-electron chi connectivity index (χ3n) is 3.87. The number of nitrogens with two attached hydrogens (primary N) is 1. The number of benzene rings is 1. The van der Waals surface area contributed by atoms with Crippen LogP contribution in [0.25, 0.3) is 0 Å². The van der Waals surface area contributed by atoms with Gasteiger partial charge in [0.05, 0.1) is 6.04 Å². The molecular formula is C15H18N2O2. The topological polar surface area (TPSA) is 63.4 Å². The lowest BCUT2D eigenvalue weighted by Crippen LogP contribution is -2.30. The third-order valence-corrected chi connectivity index (χ3v) is 3.87. The molecule has 0 aromatic heterocycles. The highest BCUT2D eigenvalue weighted by Crippen LogP contribution is 2.36. The van der Waals surface area contributed by atoms with Crippen LogP contribution in [0.1, 0.15) is 35.7 Å². The van der Waals surface area contributed by atoms with E-state index in [1.165, 1.54) is 0 Å². The van der Waals surface area contributed by atoms with Crippen molar-refractivity contribution in [3.8, 4) is 0 Å². The molecule has 0 saturated heterocycles. The molecule has 1 unspecified atom stereocenters. The zero-order valence-corrected chi connectivity index (χ0v) is 11.1. The molecule has 1 saturated carbocycles. The van der Waals surface area contributed by atoms with E-state index in [0.29, 0.717) is 5.56 Å². The highest BCUT2D eigenvalue weighted by molar-refractivity contribution is 6.02. The summed E-state index contributed by atoms with van der Waals surface area (Å²) in [7, 11) is 0. The summed E-state index contributed by atoms with van der Waals surface area (Å²) in [4.78, 5) is 25.9. The Balaban J connectivity index is 1.87. The molecule has 1 atom stereocenters. The molecule has 19 heavy (non-hydrogen) atoms. The predicted molar refractivity (Wildman–Crippen MR) is 73.2 cm³/mol. The third kappa shape index (κ3) is 2.16. The Kier molecular flexibility index (Phi) is 2.90. The van der Waals surface area contributed by atoms with Gasteiger partial charge in [-0.2, -0.15) is 0 Å². The van der Waals surface area contributed by atoms with Crippen molar-refractivity contribution in [1.82, 2.24) is 0 Å². The van der Waals surface area contributed by atoms with Gasteiger partial charge in [-0.3, -0.25) is 9.59 Å². The number of ketones is 1. The van der Waals surface area contributed by atoms with Crippen molar-refractivity contribution in [3.05, 3.63) is 29.3 Å². The summed E-state index contributed by atoms with van der Waals surface area (Å²) in [6.45, 7) is 2.43. The molecule has 0 radical (unpaired) electrons. The van der Waals surface area contributed by atoms with Gasteiger partial charge in [-0.05, 0) is 49.9 Å².